The molecule has 0 fully saturated rings. The summed E-state index contributed by atoms with van der Waals surface area (Å²) in [5.41, 5.74) is 2.81. The Morgan fingerprint density at radius 3 is 2.50 bits per heavy atom. The lowest BCUT2D eigenvalue weighted by Crippen LogP contribution is -2.18. The number of alkyl halides is 2. The van der Waals surface area contributed by atoms with Crippen molar-refractivity contribution in [1.82, 2.24) is 4.90 Å². The molecule has 0 atom stereocenters. The van der Waals surface area contributed by atoms with Gasteiger partial charge in [-0.15, -0.1) is 0 Å². The largest absolute Gasteiger partial charge is 0.488 e. The summed E-state index contributed by atoms with van der Waals surface area (Å²) in [6.07, 6.45) is 1.43. The van der Waals surface area contributed by atoms with Gasteiger partial charge in [-0.3, -0.25) is 0 Å². The van der Waals surface area contributed by atoms with Gasteiger partial charge in [0.1, 0.15) is 12.4 Å². The quantitative estimate of drug-likeness (QED) is 0.804. The molecule has 0 aromatic heterocycles. The maximum Gasteiger partial charge on any atom is 0.272 e. The maximum absolute atomic E-state index is 12.1. The summed E-state index contributed by atoms with van der Waals surface area (Å²) in [5, 5.41) is 0. The summed E-state index contributed by atoms with van der Waals surface area (Å²) in [7, 11) is 1.92. The van der Waals surface area contributed by atoms with Crippen molar-refractivity contribution in [2.24, 2.45) is 0 Å². The van der Waals surface area contributed by atoms with Crippen LogP contribution in [0.15, 0.2) is 53.2 Å². The third-order valence-electron chi connectivity index (χ3n) is 2.96. The van der Waals surface area contributed by atoms with Crippen LogP contribution >= 0.6 is 15.9 Å². The van der Waals surface area contributed by atoms with Gasteiger partial charge < -0.3 is 9.64 Å². The SMILES string of the molecule is C=C1C(Br)=CC=C(c2ccc(OCC(F)F)cc2)N1C. The zero-order chi connectivity index (χ0) is 14.7. The number of benzene rings is 1. The topological polar surface area (TPSA) is 12.5 Å². The second-order valence-corrected chi connectivity index (χ2v) is 5.15. The van der Waals surface area contributed by atoms with Crippen LogP contribution in [0.5, 0.6) is 5.75 Å². The van der Waals surface area contributed by atoms with Crippen molar-refractivity contribution < 1.29 is 13.5 Å². The minimum Gasteiger partial charge on any atom is -0.488 e. The summed E-state index contributed by atoms with van der Waals surface area (Å²) >= 11 is 3.42. The number of halogens is 3. The highest BCUT2D eigenvalue weighted by Gasteiger charge is 2.16. The van der Waals surface area contributed by atoms with Gasteiger partial charge in [-0.1, -0.05) is 6.58 Å². The van der Waals surface area contributed by atoms with Crippen molar-refractivity contribution in [2.75, 3.05) is 13.7 Å². The molecule has 0 saturated carbocycles. The van der Waals surface area contributed by atoms with E-state index < -0.39 is 13.0 Å². The molecule has 2 rings (SSSR count). The maximum atomic E-state index is 12.1. The summed E-state index contributed by atoms with van der Waals surface area (Å²) in [5.74, 6) is 0.434. The predicted octanol–water partition coefficient (Wildman–Crippen LogP) is 4.41. The number of hydrogen-bond acceptors (Lipinski definition) is 2. The Morgan fingerprint density at radius 1 is 1.25 bits per heavy atom. The molecule has 0 saturated heterocycles. The Hall–Kier alpha value is -1.62. The van der Waals surface area contributed by atoms with Crippen molar-refractivity contribution in [3.8, 4) is 5.75 Å². The zero-order valence-corrected chi connectivity index (χ0v) is 12.5. The van der Waals surface area contributed by atoms with Gasteiger partial charge >= 0.3 is 0 Å². The molecule has 1 aliphatic heterocycles. The van der Waals surface area contributed by atoms with Crippen molar-refractivity contribution >= 4 is 21.6 Å². The summed E-state index contributed by atoms with van der Waals surface area (Å²) < 4.78 is 30.0. The highest BCUT2D eigenvalue weighted by atomic mass is 79.9. The van der Waals surface area contributed by atoms with E-state index >= 15 is 0 Å². The van der Waals surface area contributed by atoms with E-state index in [-0.39, 0.29) is 0 Å². The van der Waals surface area contributed by atoms with E-state index in [0.717, 1.165) is 21.4 Å². The summed E-state index contributed by atoms with van der Waals surface area (Å²) in [4.78, 5) is 1.96. The summed E-state index contributed by atoms with van der Waals surface area (Å²) in [6, 6.07) is 7.04. The van der Waals surface area contributed by atoms with Crippen molar-refractivity contribution in [2.45, 2.75) is 6.43 Å². The van der Waals surface area contributed by atoms with Crippen molar-refractivity contribution in [3.63, 3.8) is 0 Å². The van der Waals surface area contributed by atoms with Crippen LogP contribution in [0.3, 0.4) is 0 Å². The minimum atomic E-state index is -2.47. The third-order valence-corrected chi connectivity index (χ3v) is 3.68. The van der Waals surface area contributed by atoms with E-state index in [1.165, 1.54) is 0 Å². The molecule has 1 aromatic carbocycles. The molecule has 0 radical (unpaired) electrons. The first kappa shape index (κ1) is 14.8. The molecule has 20 heavy (non-hydrogen) atoms. The summed E-state index contributed by atoms with van der Waals surface area (Å²) in [6.45, 7) is 3.39. The average molecular weight is 342 g/mol. The van der Waals surface area contributed by atoms with E-state index in [1.54, 1.807) is 12.1 Å². The number of ether oxygens (including phenoxy) is 1. The second kappa shape index (κ2) is 6.22. The Kier molecular flexibility index (Phi) is 4.60. The number of rotatable bonds is 4. The number of allylic oxidation sites excluding steroid dienone is 3. The lowest BCUT2D eigenvalue weighted by Gasteiger charge is -2.27. The van der Waals surface area contributed by atoms with E-state index in [9.17, 15) is 8.78 Å². The molecule has 1 aromatic rings. The first-order valence-corrected chi connectivity index (χ1v) is 6.80. The molecule has 1 heterocycles. The molecule has 106 valence electrons. The fourth-order valence-electron chi connectivity index (χ4n) is 1.84. The van der Waals surface area contributed by atoms with Crippen LogP contribution in [-0.2, 0) is 0 Å². The normalized spacial score (nSPS) is 15.2. The first-order chi connectivity index (χ1) is 9.49. The van der Waals surface area contributed by atoms with Gasteiger partial charge in [0, 0.05) is 22.9 Å². The van der Waals surface area contributed by atoms with Crippen molar-refractivity contribution in [1.29, 1.82) is 0 Å². The smallest absolute Gasteiger partial charge is 0.272 e. The van der Waals surface area contributed by atoms with Crippen LogP contribution in [0.4, 0.5) is 8.78 Å². The van der Waals surface area contributed by atoms with Crippen LogP contribution in [0.2, 0.25) is 0 Å². The Labute approximate surface area is 125 Å². The molecule has 5 heteroatoms. The van der Waals surface area contributed by atoms with Crippen LogP contribution in [0.1, 0.15) is 5.56 Å². The Balaban J connectivity index is 2.16. The molecule has 1 aliphatic rings. The van der Waals surface area contributed by atoms with Crippen LogP contribution in [0, 0.1) is 0 Å². The molecule has 0 spiro atoms. The molecule has 0 amide bonds. The van der Waals surface area contributed by atoms with Crippen LogP contribution in [0.25, 0.3) is 5.70 Å². The highest BCUT2D eigenvalue weighted by molar-refractivity contribution is 9.12. The van der Waals surface area contributed by atoms with Gasteiger partial charge in [0.15, 0.2) is 0 Å². The molecular weight excluding hydrogens is 328 g/mol. The molecule has 2 nitrogen and oxygen atoms in total. The molecule has 0 unspecified atom stereocenters. The average Bonchev–Trinajstić information content (AvgIpc) is 2.43. The predicted molar refractivity (Wildman–Crippen MR) is 79.8 cm³/mol. The van der Waals surface area contributed by atoms with Gasteiger partial charge in [-0.25, -0.2) is 8.78 Å². The molecule has 0 N–H and O–H groups in total. The molecule has 0 bridgehead atoms. The van der Waals surface area contributed by atoms with Gasteiger partial charge in [-0.05, 0) is 57.9 Å². The second-order valence-electron chi connectivity index (χ2n) is 4.30. The van der Waals surface area contributed by atoms with E-state index in [0.29, 0.717) is 5.75 Å². The molecular formula is C15H14BrF2NO. The van der Waals surface area contributed by atoms with E-state index in [1.807, 2.05) is 36.2 Å². The van der Waals surface area contributed by atoms with Gasteiger partial charge in [0.05, 0.1) is 0 Å². The van der Waals surface area contributed by atoms with Gasteiger partial charge in [-0.2, -0.15) is 0 Å². The number of hydrogen-bond donors (Lipinski definition) is 0. The van der Waals surface area contributed by atoms with E-state index in [4.69, 9.17) is 4.74 Å². The third kappa shape index (κ3) is 3.28. The minimum absolute atomic E-state index is 0.434. The van der Waals surface area contributed by atoms with Gasteiger partial charge in [0.25, 0.3) is 6.43 Å². The van der Waals surface area contributed by atoms with Crippen LogP contribution < -0.4 is 4.74 Å². The highest BCUT2D eigenvalue weighted by Crippen LogP contribution is 2.32. The van der Waals surface area contributed by atoms with Crippen molar-refractivity contribution in [3.05, 3.63) is 58.7 Å². The zero-order valence-electron chi connectivity index (χ0n) is 10.9. The lowest BCUT2D eigenvalue weighted by atomic mass is 10.1. The van der Waals surface area contributed by atoms with Crippen LogP contribution in [-0.4, -0.2) is 25.0 Å². The first-order valence-electron chi connectivity index (χ1n) is 6.01. The Bertz CT molecular complexity index is 564. The van der Waals surface area contributed by atoms with E-state index in [2.05, 4.69) is 22.5 Å². The number of likely N-dealkylation sites (N-methyl/N-ethyl adjacent to an activating group) is 1. The fraction of sp³-hybridized carbons (Fsp3) is 0.200. The molecule has 0 aliphatic carbocycles. The fourth-order valence-corrected chi connectivity index (χ4v) is 2.23. The Morgan fingerprint density at radius 2 is 1.90 bits per heavy atom. The number of nitrogens with zero attached hydrogens (tertiary/aromatic N) is 1. The van der Waals surface area contributed by atoms with Gasteiger partial charge in [0.2, 0.25) is 0 Å². The standard InChI is InChI=1S/C15H14BrF2NO/c1-10-13(16)7-8-14(19(10)2)11-3-5-12(6-4-11)20-9-15(17)18/h3-8,15H,1,9H2,2H3. The monoisotopic (exact) mass is 341 g/mol. The lowest BCUT2D eigenvalue weighted by molar-refractivity contribution is 0.0819.